The molecule has 1 aliphatic heterocycles. The molecule has 1 fully saturated rings. The molecule has 1 aromatic rings. The summed E-state index contributed by atoms with van der Waals surface area (Å²) in [4.78, 5) is 30.6. The van der Waals surface area contributed by atoms with Crippen LogP contribution in [0.5, 0.6) is 5.88 Å². The summed E-state index contributed by atoms with van der Waals surface area (Å²) in [6.45, 7) is 7.23. The molecule has 1 unspecified atom stereocenters. The second kappa shape index (κ2) is 12.4. The smallest absolute Gasteiger partial charge is 0.410 e. The van der Waals surface area contributed by atoms with Crippen molar-refractivity contribution in [2.45, 2.75) is 64.6 Å². The van der Waals surface area contributed by atoms with E-state index >= 15 is 0 Å². The highest BCUT2D eigenvalue weighted by Crippen LogP contribution is 2.30. The molecule has 0 spiro atoms. The number of hydrogen-bond acceptors (Lipinski definition) is 7. The fraction of sp³-hybridized carbons (Fsp3) is 0.654. The predicted molar refractivity (Wildman–Crippen MR) is 132 cm³/mol. The Hall–Kier alpha value is -2.65. The minimum absolute atomic E-state index is 0.0661. The number of aliphatic hydroxyl groups is 2. The van der Waals surface area contributed by atoms with E-state index in [0.29, 0.717) is 37.9 Å². The van der Waals surface area contributed by atoms with Gasteiger partial charge in [0.15, 0.2) is 0 Å². The maximum absolute atomic E-state index is 12.2. The molecule has 2 amide bonds. The molecule has 0 saturated carbocycles. The summed E-state index contributed by atoms with van der Waals surface area (Å²) in [5.41, 5.74) is 1.71. The number of amides is 2. The van der Waals surface area contributed by atoms with Crippen LogP contribution < -0.4 is 10.1 Å². The zero-order chi connectivity index (χ0) is 25.4. The normalized spacial score (nSPS) is 20.1. The molecule has 35 heavy (non-hydrogen) atoms. The molecule has 2 aliphatic rings. The summed E-state index contributed by atoms with van der Waals surface area (Å²) in [5.74, 6) is 0.741. The van der Waals surface area contributed by atoms with E-state index in [-0.39, 0.29) is 31.1 Å². The largest absolute Gasteiger partial charge is 0.477 e. The van der Waals surface area contributed by atoms with Crippen LogP contribution in [0.2, 0.25) is 0 Å². The van der Waals surface area contributed by atoms with Crippen molar-refractivity contribution in [1.29, 1.82) is 0 Å². The highest BCUT2D eigenvalue weighted by atomic mass is 16.6. The van der Waals surface area contributed by atoms with E-state index in [1.165, 1.54) is 0 Å². The van der Waals surface area contributed by atoms with Gasteiger partial charge in [-0.2, -0.15) is 0 Å². The Morgan fingerprint density at radius 1 is 1.23 bits per heavy atom. The van der Waals surface area contributed by atoms with Crippen molar-refractivity contribution in [3.8, 4) is 5.88 Å². The van der Waals surface area contributed by atoms with Crippen molar-refractivity contribution in [2.24, 2.45) is 11.8 Å². The number of pyridine rings is 1. The van der Waals surface area contributed by atoms with Crippen LogP contribution in [0.1, 0.15) is 58.4 Å². The fourth-order valence-corrected chi connectivity index (χ4v) is 4.23. The summed E-state index contributed by atoms with van der Waals surface area (Å²) in [7, 11) is 0. The van der Waals surface area contributed by atoms with Crippen molar-refractivity contribution in [2.75, 3.05) is 32.8 Å². The van der Waals surface area contributed by atoms with Crippen molar-refractivity contribution in [1.82, 2.24) is 15.2 Å². The van der Waals surface area contributed by atoms with Crippen LogP contribution in [-0.2, 0) is 9.53 Å². The number of aliphatic hydroxyl groups excluding tert-OH is 2. The van der Waals surface area contributed by atoms with Crippen molar-refractivity contribution in [3.63, 3.8) is 0 Å². The molecule has 1 aromatic heterocycles. The standard InChI is InChI=1S/C26H39N3O6/c1-26(2,3)35-25(33)29-12-10-18(11-13-29)17-34-23-9-8-21(14-27-23)19-4-6-20(7-5-19)24(32)28-15-22(31)16-30/h4,8-9,14,18,20,22,30-31H,5-7,10-13,15-17H2,1-3H3,(H,28,32)/t20?,22-/m0/s1. The third-order valence-electron chi connectivity index (χ3n) is 6.34. The molecule has 1 aliphatic carbocycles. The van der Waals surface area contributed by atoms with Gasteiger partial charge in [-0.3, -0.25) is 4.79 Å². The van der Waals surface area contributed by atoms with Gasteiger partial charge in [-0.25, -0.2) is 9.78 Å². The van der Waals surface area contributed by atoms with Gasteiger partial charge in [-0.15, -0.1) is 0 Å². The molecular formula is C26H39N3O6. The fourth-order valence-electron chi connectivity index (χ4n) is 4.23. The summed E-state index contributed by atoms with van der Waals surface area (Å²) in [6, 6.07) is 3.87. The summed E-state index contributed by atoms with van der Waals surface area (Å²) in [5, 5.41) is 20.9. The lowest BCUT2D eigenvalue weighted by Crippen LogP contribution is -2.42. The number of carbonyl (C=O) groups excluding carboxylic acids is 2. The molecule has 0 aromatic carbocycles. The van der Waals surface area contributed by atoms with Gasteiger partial charge >= 0.3 is 6.09 Å². The minimum atomic E-state index is -0.925. The molecule has 0 radical (unpaired) electrons. The quantitative estimate of drug-likeness (QED) is 0.513. The van der Waals surface area contributed by atoms with E-state index < -0.39 is 11.7 Å². The van der Waals surface area contributed by atoms with Crippen LogP contribution in [0.25, 0.3) is 5.57 Å². The number of likely N-dealkylation sites (tertiary alicyclic amines) is 1. The van der Waals surface area contributed by atoms with Crippen LogP contribution in [-0.4, -0.2) is 76.7 Å². The number of nitrogens with one attached hydrogen (secondary N) is 1. The minimum Gasteiger partial charge on any atom is -0.477 e. The Morgan fingerprint density at radius 2 is 1.97 bits per heavy atom. The molecule has 9 heteroatoms. The lowest BCUT2D eigenvalue weighted by atomic mass is 9.86. The van der Waals surface area contributed by atoms with E-state index in [0.717, 1.165) is 36.8 Å². The zero-order valence-electron chi connectivity index (χ0n) is 21.0. The van der Waals surface area contributed by atoms with Gasteiger partial charge in [0.05, 0.1) is 19.3 Å². The molecule has 1 saturated heterocycles. The van der Waals surface area contributed by atoms with Crippen LogP contribution >= 0.6 is 0 Å². The summed E-state index contributed by atoms with van der Waals surface area (Å²) in [6.07, 6.45) is 6.60. The Bertz CT molecular complexity index is 872. The number of ether oxygens (including phenoxy) is 2. The number of aromatic nitrogens is 1. The third kappa shape index (κ3) is 8.50. The summed E-state index contributed by atoms with van der Waals surface area (Å²) >= 11 is 0. The molecule has 2 heterocycles. The second-order valence-electron chi connectivity index (χ2n) is 10.4. The Labute approximate surface area is 207 Å². The van der Waals surface area contributed by atoms with Crippen LogP contribution in [0.4, 0.5) is 4.79 Å². The molecular weight excluding hydrogens is 450 g/mol. The first kappa shape index (κ1) is 26.9. The lowest BCUT2D eigenvalue weighted by molar-refractivity contribution is -0.125. The van der Waals surface area contributed by atoms with E-state index in [1.807, 2.05) is 39.1 Å². The number of piperidine rings is 1. The Kier molecular flexibility index (Phi) is 9.51. The van der Waals surface area contributed by atoms with Crippen LogP contribution in [0.15, 0.2) is 24.4 Å². The average molecular weight is 490 g/mol. The highest BCUT2D eigenvalue weighted by Gasteiger charge is 2.27. The van der Waals surface area contributed by atoms with Crippen molar-refractivity contribution in [3.05, 3.63) is 30.0 Å². The third-order valence-corrected chi connectivity index (χ3v) is 6.34. The van der Waals surface area contributed by atoms with Gasteiger partial charge in [-0.1, -0.05) is 6.08 Å². The Morgan fingerprint density at radius 3 is 2.54 bits per heavy atom. The summed E-state index contributed by atoms with van der Waals surface area (Å²) < 4.78 is 11.4. The SMILES string of the molecule is CC(C)(C)OC(=O)N1CCC(COc2ccc(C3=CCC(C(=O)NC[C@H](O)CO)CC3)cn2)CC1. The maximum atomic E-state index is 12.2. The van der Waals surface area contributed by atoms with Gasteiger partial charge in [0.25, 0.3) is 0 Å². The van der Waals surface area contributed by atoms with Crippen molar-refractivity contribution >= 4 is 17.6 Å². The molecule has 3 rings (SSSR count). The average Bonchev–Trinajstić information content (AvgIpc) is 2.85. The number of carbonyl (C=O) groups is 2. The van der Waals surface area contributed by atoms with Gasteiger partial charge in [-0.05, 0) is 76.0 Å². The van der Waals surface area contributed by atoms with E-state index in [4.69, 9.17) is 14.6 Å². The van der Waals surface area contributed by atoms with Crippen LogP contribution in [0, 0.1) is 11.8 Å². The first-order valence-electron chi connectivity index (χ1n) is 12.5. The molecule has 9 nitrogen and oxygen atoms in total. The van der Waals surface area contributed by atoms with Crippen molar-refractivity contribution < 1.29 is 29.3 Å². The zero-order valence-corrected chi connectivity index (χ0v) is 21.0. The highest BCUT2D eigenvalue weighted by molar-refractivity contribution is 5.80. The topological polar surface area (TPSA) is 121 Å². The lowest BCUT2D eigenvalue weighted by Gasteiger charge is -2.33. The molecule has 194 valence electrons. The van der Waals surface area contributed by atoms with E-state index in [2.05, 4.69) is 16.4 Å². The molecule has 3 N–H and O–H groups in total. The first-order valence-corrected chi connectivity index (χ1v) is 12.5. The second-order valence-corrected chi connectivity index (χ2v) is 10.4. The number of hydrogen-bond donors (Lipinski definition) is 3. The van der Waals surface area contributed by atoms with Gasteiger partial charge in [0.1, 0.15) is 5.60 Å². The molecule has 0 bridgehead atoms. The monoisotopic (exact) mass is 489 g/mol. The van der Waals surface area contributed by atoms with Crippen LogP contribution in [0.3, 0.4) is 0 Å². The van der Waals surface area contributed by atoms with E-state index in [1.54, 1.807) is 4.90 Å². The molecule has 2 atom stereocenters. The maximum Gasteiger partial charge on any atom is 0.410 e. The first-order chi connectivity index (χ1) is 16.6. The van der Waals surface area contributed by atoms with Gasteiger partial charge < -0.3 is 29.9 Å². The number of allylic oxidation sites excluding steroid dienone is 2. The Balaban J connectivity index is 1.40. The van der Waals surface area contributed by atoms with E-state index in [9.17, 15) is 14.7 Å². The number of nitrogens with zero attached hydrogens (tertiary/aromatic N) is 2. The van der Waals surface area contributed by atoms with Gasteiger partial charge in [0, 0.05) is 37.8 Å². The predicted octanol–water partition coefficient (Wildman–Crippen LogP) is 2.76. The van der Waals surface area contributed by atoms with Gasteiger partial charge in [0.2, 0.25) is 11.8 Å². The number of rotatable bonds is 8.